The lowest BCUT2D eigenvalue weighted by Crippen LogP contribution is -2.36. The molecule has 2 aromatic rings. The smallest absolute Gasteiger partial charge is 0.102 e. The van der Waals surface area contributed by atoms with E-state index in [0.29, 0.717) is 6.10 Å². The van der Waals surface area contributed by atoms with Gasteiger partial charge in [0.15, 0.2) is 0 Å². The Balaban J connectivity index is 1.41. The van der Waals surface area contributed by atoms with Crippen molar-refractivity contribution in [1.82, 2.24) is 19.9 Å². The van der Waals surface area contributed by atoms with E-state index in [1.54, 1.807) is 7.11 Å². The standard InChI is InChI=1S/C18H24N4O2/c1-24-15-6-8-21(9-7-15)11-14-12-22(20-19-14)17-10-13-4-2-3-5-16(13)18(17)23/h2-5,12,15,17-18,23H,6-11H2,1H3. The Kier molecular flexibility index (Phi) is 4.35. The predicted molar refractivity (Wildman–Crippen MR) is 89.5 cm³/mol. The van der Waals surface area contributed by atoms with Gasteiger partial charge in [-0.05, 0) is 30.4 Å². The molecule has 0 amide bonds. The normalized spacial score (nSPS) is 25.1. The van der Waals surface area contributed by atoms with Crippen molar-refractivity contribution in [2.24, 2.45) is 0 Å². The maximum absolute atomic E-state index is 10.6. The van der Waals surface area contributed by atoms with E-state index in [0.717, 1.165) is 50.2 Å². The molecule has 2 heterocycles. The van der Waals surface area contributed by atoms with Crippen LogP contribution in [0.25, 0.3) is 0 Å². The first kappa shape index (κ1) is 15.7. The second-order valence-electron chi connectivity index (χ2n) is 6.82. The van der Waals surface area contributed by atoms with Crippen LogP contribution in [0.5, 0.6) is 0 Å². The Morgan fingerprint density at radius 3 is 2.79 bits per heavy atom. The molecule has 6 heteroatoms. The topological polar surface area (TPSA) is 63.4 Å². The van der Waals surface area contributed by atoms with E-state index in [1.165, 1.54) is 5.56 Å². The quantitative estimate of drug-likeness (QED) is 0.926. The minimum Gasteiger partial charge on any atom is -0.386 e. The van der Waals surface area contributed by atoms with Crippen LogP contribution in [0.1, 0.15) is 41.8 Å². The highest BCUT2D eigenvalue weighted by molar-refractivity contribution is 5.35. The van der Waals surface area contributed by atoms with Gasteiger partial charge in [0, 0.05) is 26.7 Å². The molecule has 6 nitrogen and oxygen atoms in total. The Hall–Kier alpha value is -1.76. The van der Waals surface area contributed by atoms with Crippen molar-refractivity contribution in [3.8, 4) is 0 Å². The summed E-state index contributed by atoms with van der Waals surface area (Å²) < 4.78 is 7.25. The largest absolute Gasteiger partial charge is 0.386 e. The van der Waals surface area contributed by atoms with E-state index in [1.807, 2.05) is 29.1 Å². The number of hydrogen-bond donors (Lipinski definition) is 1. The number of benzene rings is 1. The van der Waals surface area contributed by atoms with E-state index < -0.39 is 6.10 Å². The number of aliphatic hydroxyl groups excluding tert-OH is 1. The number of nitrogens with zero attached hydrogens (tertiary/aromatic N) is 4. The molecule has 4 rings (SSSR count). The highest BCUT2D eigenvalue weighted by atomic mass is 16.5. The molecule has 0 spiro atoms. The predicted octanol–water partition coefficient (Wildman–Crippen LogP) is 1.72. The summed E-state index contributed by atoms with van der Waals surface area (Å²) in [6.45, 7) is 2.87. The van der Waals surface area contributed by atoms with Gasteiger partial charge in [-0.1, -0.05) is 29.5 Å². The van der Waals surface area contributed by atoms with E-state index in [9.17, 15) is 5.11 Å². The number of rotatable bonds is 4. The zero-order valence-corrected chi connectivity index (χ0v) is 14.0. The van der Waals surface area contributed by atoms with Crippen molar-refractivity contribution in [2.45, 2.75) is 44.1 Å². The van der Waals surface area contributed by atoms with Gasteiger partial charge < -0.3 is 9.84 Å². The van der Waals surface area contributed by atoms with Crippen molar-refractivity contribution in [1.29, 1.82) is 0 Å². The highest BCUT2D eigenvalue weighted by Gasteiger charge is 2.33. The van der Waals surface area contributed by atoms with Crippen molar-refractivity contribution >= 4 is 0 Å². The van der Waals surface area contributed by atoms with Crippen LogP contribution >= 0.6 is 0 Å². The van der Waals surface area contributed by atoms with Gasteiger partial charge in [-0.3, -0.25) is 4.90 Å². The molecule has 1 aromatic carbocycles. The zero-order valence-electron chi connectivity index (χ0n) is 14.0. The lowest BCUT2D eigenvalue weighted by atomic mass is 10.1. The van der Waals surface area contributed by atoms with Crippen LogP contribution in [-0.2, 0) is 17.7 Å². The van der Waals surface area contributed by atoms with Gasteiger partial charge in [-0.15, -0.1) is 5.10 Å². The van der Waals surface area contributed by atoms with Crippen LogP contribution in [0.15, 0.2) is 30.5 Å². The second kappa shape index (κ2) is 6.63. The van der Waals surface area contributed by atoms with Gasteiger partial charge in [-0.2, -0.15) is 0 Å². The van der Waals surface area contributed by atoms with E-state index in [2.05, 4.69) is 21.3 Å². The Morgan fingerprint density at radius 2 is 2.04 bits per heavy atom. The van der Waals surface area contributed by atoms with Gasteiger partial charge >= 0.3 is 0 Å². The first-order valence-corrected chi connectivity index (χ1v) is 8.66. The summed E-state index contributed by atoms with van der Waals surface area (Å²) in [4.78, 5) is 2.39. The molecule has 2 aliphatic rings. The minimum absolute atomic E-state index is 0.0529. The SMILES string of the molecule is COC1CCN(Cc2cn(C3Cc4ccccc4C3O)nn2)CC1. The van der Waals surface area contributed by atoms with Crippen molar-refractivity contribution in [3.05, 3.63) is 47.3 Å². The molecule has 1 aliphatic heterocycles. The molecule has 1 fully saturated rings. The van der Waals surface area contributed by atoms with E-state index in [-0.39, 0.29) is 6.04 Å². The zero-order chi connectivity index (χ0) is 16.5. The summed E-state index contributed by atoms with van der Waals surface area (Å²) in [6, 6.07) is 8.02. The number of methoxy groups -OCH3 is 1. The molecule has 128 valence electrons. The molecular formula is C18H24N4O2. The molecule has 2 unspecified atom stereocenters. The molecule has 1 aliphatic carbocycles. The van der Waals surface area contributed by atoms with Crippen molar-refractivity contribution < 1.29 is 9.84 Å². The first-order valence-electron chi connectivity index (χ1n) is 8.66. The lowest BCUT2D eigenvalue weighted by molar-refractivity contribution is 0.0385. The fraction of sp³-hybridized carbons (Fsp3) is 0.556. The number of aromatic nitrogens is 3. The summed E-state index contributed by atoms with van der Waals surface area (Å²) in [5.41, 5.74) is 3.18. The molecule has 0 saturated carbocycles. The molecule has 1 N–H and O–H groups in total. The minimum atomic E-state index is -0.506. The summed E-state index contributed by atoms with van der Waals surface area (Å²) in [6.07, 6.45) is 4.82. The molecule has 24 heavy (non-hydrogen) atoms. The van der Waals surface area contributed by atoms with E-state index in [4.69, 9.17) is 4.74 Å². The summed E-state index contributed by atoms with van der Waals surface area (Å²) in [7, 11) is 1.79. The summed E-state index contributed by atoms with van der Waals surface area (Å²) in [5.74, 6) is 0. The maximum atomic E-state index is 10.6. The maximum Gasteiger partial charge on any atom is 0.102 e. The third kappa shape index (κ3) is 2.97. The molecular weight excluding hydrogens is 304 g/mol. The molecule has 1 saturated heterocycles. The number of fused-ring (bicyclic) bond motifs is 1. The summed E-state index contributed by atoms with van der Waals surface area (Å²) >= 11 is 0. The number of likely N-dealkylation sites (tertiary alicyclic amines) is 1. The number of ether oxygens (including phenoxy) is 1. The van der Waals surface area contributed by atoms with Crippen molar-refractivity contribution in [3.63, 3.8) is 0 Å². The number of hydrogen-bond acceptors (Lipinski definition) is 5. The number of aliphatic hydroxyl groups is 1. The Labute approximate surface area is 142 Å². The van der Waals surface area contributed by atoms with Crippen LogP contribution in [0.2, 0.25) is 0 Å². The third-order valence-corrected chi connectivity index (χ3v) is 5.32. The fourth-order valence-electron chi connectivity index (χ4n) is 3.87. The molecule has 0 bridgehead atoms. The molecule has 2 atom stereocenters. The Morgan fingerprint density at radius 1 is 1.25 bits per heavy atom. The summed E-state index contributed by atoms with van der Waals surface area (Å²) in [5, 5.41) is 19.2. The monoisotopic (exact) mass is 328 g/mol. The first-order chi connectivity index (χ1) is 11.7. The van der Waals surface area contributed by atoms with Crippen LogP contribution < -0.4 is 0 Å². The Bertz CT molecular complexity index is 694. The highest BCUT2D eigenvalue weighted by Crippen LogP contribution is 2.38. The van der Waals surface area contributed by atoms with Gasteiger partial charge in [0.25, 0.3) is 0 Å². The lowest BCUT2D eigenvalue weighted by Gasteiger charge is -2.30. The molecule has 0 radical (unpaired) electrons. The van der Waals surface area contributed by atoms with E-state index >= 15 is 0 Å². The van der Waals surface area contributed by atoms with Crippen LogP contribution in [0.3, 0.4) is 0 Å². The average Bonchev–Trinajstić information content (AvgIpc) is 3.21. The van der Waals surface area contributed by atoms with Crippen LogP contribution in [-0.4, -0.2) is 51.3 Å². The van der Waals surface area contributed by atoms with Gasteiger partial charge in [-0.25, -0.2) is 4.68 Å². The number of piperidine rings is 1. The van der Waals surface area contributed by atoms with Crippen molar-refractivity contribution in [2.75, 3.05) is 20.2 Å². The fourth-order valence-corrected chi connectivity index (χ4v) is 3.87. The second-order valence-corrected chi connectivity index (χ2v) is 6.82. The van der Waals surface area contributed by atoms with Crippen LogP contribution in [0, 0.1) is 0 Å². The average molecular weight is 328 g/mol. The van der Waals surface area contributed by atoms with Gasteiger partial charge in [0.2, 0.25) is 0 Å². The van der Waals surface area contributed by atoms with Gasteiger partial charge in [0.05, 0.1) is 24.0 Å². The third-order valence-electron chi connectivity index (χ3n) is 5.32. The van der Waals surface area contributed by atoms with Gasteiger partial charge in [0.1, 0.15) is 6.10 Å². The molecule has 1 aromatic heterocycles. The van der Waals surface area contributed by atoms with Crippen LogP contribution in [0.4, 0.5) is 0 Å².